The van der Waals surface area contributed by atoms with E-state index in [9.17, 15) is 0 Å². The third kappa shape index (κ3) is 3.01. The van der Waals surface area contributed by atoms with Crippen molar-refractivity contribution in [2.45, 2.75) is 70.1 Å². The van der Waals surface area contributed by atoms with Gasteiger partial charge in [-0.25, -0.2) is 0 Å². The second kappa shape index (κ2) is 5.68. The van der Waals surface area contributed by atoms with Crippen LogP contribution in [0.15, 0.2) is 0 Å². The van der Waals surface area contributed by atoms with Crippen molar-refractivity contribution in [2.75, 3.05) is 20.1 Å². The molecule has 2 saturated heterocycles. The van der Waals surface area contributed by atoms with Crippen molar-refractivity contribution in [2.24, 2.45) is 5.73 Å². The van der Waals surface area contributed by atoms with Crippen LogP contribution in [-0.2, 0) is 0 Å². The summed E-state index contributed by atoms with van der Waals surface area (Å²) in [6.07, 6.45) is 6.46. The van der Waals surface area contributed by atoms with Crippen LogP contribution in [-0.4, -0.2) is 54.1 Å². The molecule has 0 spiro atoms. The maximum atomic E-state index is 6.11. The molecule has 0 amide bonds. The van der Waals surface area contributed by atoms with Crippen LogP contribution in [0.5, 0.6) is 0 Å². The largest absolute Gasteiger partial charge is 0.328 e. The molecule has 3 nitrogen and oxygen atoms in total. The molecule has 2 rings (SSSR count). The Kier molecular flexibility index (Phi) is 4.45. The number of piperidine rings is 1. The highest BCUT2D eigenvalue weighted by Crippen LogP contribution is 2.34. The van der Waals surface area contributed by atoms with Gasteiger partial charge in [0.25, 0.3) is 0 Å². The van der Waals surface area contributed by atoms with E-state index in [-0.39, 0.29) is 0 Å². The molecule has 2 aliphatic heterocycles. The van der Waals surface area contributed by atoms with E-state index < -0.39 is 0 Å². The number of nitrogens with zero attached hydrogens (tertiary/aromatic N) is 2. The minimum absolute atomic E-state index is 0.469. The number of hydrogen-bond donors (Lipinski definition) is 1. The Morgan fingerprint density at radius 2 is 1.88 bits per heavy atom. The molecular weight excluding hydrogens is 210 g/mol. The lowest BCUT2D eigenvalue weighted by Gasteiger charge is -2.39. The highest BCUT2D eigenvalue weighted by Gasteiger charge is 2.39. The van der Waals surface area contributed by atoms with Gasteiger partial charge < -0.3 is 10.6 Å². The summed E-state index contributed by atoms with van der Waals surface area (Å²) < 4.78 is 0. The summed E-state index contributed by atoms with van der Waals surface area (Å²) in [5, 5.41) is 0. The van der Waals surface area contributed by atoms with Crippen LogP contribution in [0.4, 0.5) is 0 Å². The van der Waals surface area contributed by atoms with Gasteiger partial charge in [0.1, 0.15) is 0 Å². The second-order valence-electron chi connectivity index (χ2n) is 6.09. The smallest absolute Gasteiger partial charge is 0.0115 e. The van der Waals surface area contributed by atoms with Crippen LogP contribution in [0.2, 0.25) is 0 Å². The first-order valence-electron chi connectivity index (χ1n) is 7.33. The van der Waals surface area contributed by atoms with Gasteiger partial charge in [-0.1, -0.05) is 6.92 Å². The Morgan fingerprint density at radius 3 is 2.41 bits per heavy atom. The number of hydrogen-bond acceptors (Lipinski definition) is 3. The van der Waals surface area contributed by atoms with Crippen molar-refractivity contribution < 1.29 is 0 Å². The standard InChI is InChI=1S/C14H29N3/c1-4-11(2)16(3)7-8-17-13-5-6-14(17)10-12(15)9-13/h11-14H,4-10,15H2,1-3H3. The summed E-state index contributed by atoms with van der Waals surface area (Å²) in [6, 6.07) is 2.75. The fourth-order valence-electron chi connectivity index (χ4n) is 3.49. The van der Waals surface area contributed by atoms with Gasteiger partial charge in [0.2, 0.25) is 0 Å². The Morgan fingerprint density at radius 1 is 1.29 bits per heavy atom. The van der Waals surface area contributed by atoms with Gasteiger partial charge in [-0.2, -0.15) is 0 Å². The molecule has 17 heavy (non-hydrogen) atoms. The van der Waals surface area contributed by atoms with E-state index in [4.69, 9.17) is 5.73 Å². The molecule has 2 N–H and O–H groups in total. The van der Waals surface area contributed by atoms with Crippen LogP contribution in [0.1, 0.15) is 46.0 Å². The molecule has 3 atom stereocenters. The topological polar surface area (TPSA) is 32.5 Å². The van der Waals surface area contributed by atoms with Crippen LogP contribution >= 0.6 is 0 Å². The normalized spacial score (nSPS) is 35.5. The van der Waals surface area contributed by atoms with E-state index in [0.717, 1.165) is 12.1 Å². The summed E-state index contributed by atoms with van der Waals surface area (Å²) in [7, 11) is 2.26. The average Bonchev–Trinajstić information content (AvgIpc) is 2.55. The monoisotopic (exact) mass is 239 g/mol. The molecule has 3 heteroatoms. The highest BCUT2D eigenvalue weighted by molar-refractivity contribution is 4.96. The summed E-state index contributed by atoms with van der Waals surface area (Å²) >= 11 is 0. The van der Waals surface area contributed by atoms with E-state index >= 15 is 0 Å². The van der Waals surface area contributed by atoms with Gasteiger partial charge in [0.15, 0.2) is 0 Å². The molecular formula is C14H29N3. The van der Waals surface area contributed by atoms with Crippen LogP contribution in [0.25, 0.3) is 0 Å². The zero-order valence-corrected chi connectivity index (χ0v) is 11.7. The third-order valence-corrected chi connectivity index (χ3v) is 4.97. The van der Waals surface area contributed by atoms with E-state index in [0.29, 0.717) is 12.1 Å². The molecule has 0 aromatic rings. The molecule has 2 fully saturated rings. The Balaban J connectivity index is 1.80. The molecule has 0 aromatic carbocycles. The zero-order chi connectivity index (χ0) is 12.4. The lowest BCUT2D eigenvalue weighted by molar-refractivity contribution is 0.106. The molecule has 0 aromatic heterocycles. The van der Waals surface area contributed by atoms with Crippen molar-refractivity contribution >= 4 is 0 Å². The predicted octanol–water partition coefficient (Wildman–Crippen LogP) is 1.67. The van der Waals surface area contributed by atoms with E-state index in [2.05, 4.69) is 30.7 Å². The Bertz CT molecular complexity index is 230. The van der Waals surface area contributed by atoms with Crippen molar-refractivity contribution in [1.29, 1.82) is 0 Å². The number of nitrogens with two attached hydrogens (primary N) is 1. The Hall–Kier alpha value is -0.120. The molecule has 3 unspecified atom stereocenters. The van der Waals surface area contributed by atoms with Gasteiger partial charge in [0, 0.05) is 37.3 Å². The highest BCUT2D eigenvalue weighted by atomic mass is 15.3. The fraction of sp³-hybridized carbons (Fsp3) is 1.00. The third-order valence-electron chi connectivity index (χ3n) is 4.97. The van der Waals surface area contributed by atoms with E-state index in [1.54, 1.807) is 0 Å². The molecule has 0 saturated carbocycles. The minimum Gasteiger partial charge on any atom is -0.328 e. The summed E-state index contributed by atoms with van der Waals surface area (Å²) in [5.74, 6) is 0. The summed E-state index contributed by atoms with van der Waals surface area (Å²) in [4.78, 5) is 5.23. The van der Waals surface area contributed by atoms with Crippen LogP contribution < -0.4 is 5.73 Å². The number of rotatable bonds is 5. The van der Waals surface area contributed by atoms with Crippen molar-refractivity contribution in [1.82, 2.24) is 9.80 Å². The van der Waals surface area contributed by atoms with Gasteiger partial charge in [0.05, 0.1) is 0 Å². The van der Waals surface area contributed by atoms with Crippen LogP contribution in [0, 0.1) is 0 Å². The van der Waals surface area contributed by atoms with Gasteiger partial charge in [-0.3, -0.25) is 4.90 Å². The van der Waals surface area contributed by atoms with E-state index in [1.165, 1.54) is 45.2 Å². The molecule has 2 bridgehead atoms. The molecule has 100 valence electrons. The van der Waals surface area contributed by atoms with Crippen molar-refractivity contribution in [3.63, 3.8) is 0 Å². The van der Waals surface area contributed by atoms with Crippen molar-refractivity contribution in [3.8, 4) is 0 Å². The SMILES string of the molecule is CCC(C)N(C)CCN1C2CCC1CC(N)C2. The maximum Gasteiger partial charge on any atom is 0.0115 e. The molecule has 2 aliphatic rings. The van der Waals surface area contributed by atoms with Gasteiger partial charge >= 0.3 is 0 Å². The van der Waals surface area contributed by atoms with Gasteiger partial charge in [-0.05, 0) is 46.1 Å². The minimum atomic E-state index is 0.469. The van der Waals surface area contributed by atoms with Crippen LogP contribution in [0.3, 0.4) is 0 Å². The summed E-state index contributed by atoms with van der Waals surface area (Å²) in [5.41, 5.74) is 6.11. The maximum absolute atomic E-state index is 6.11. The first-order valence-corrected chi connectivity index (χ1v) is 7.33. The van der Waals surface area contributed by atoms with Gasteiger partial charge in [-0.15, -0.1) is 0 Å². The molecule has 0 radical (unpaired) electrons. The number of likely N-dealkylation sites (N-methyl/N-ethyl adjacent to an activating group) is 1. The van der Waals surface area contributed by atoms with E-state index in [1.807, 2.05) is 0 Å². The predicted molar refractivity (Wildman–Crippen MR) is 73.1 cm³/mol. The first-order chi connectivity index (χ1) is 8.11. The first kappa shape index (κ1) is 13.3. The quantitative estimate of drug-likeness (QED) is 0.792. The average molecular weight is 239 g/mol. The Labute approximate surface area is 106 Å². The lowest BCUT2D eigenvalue weighted by atomic mass is 9.98. The number of fused-ring (bicyclic) bond motifs is 2. The molecule has 0 aliphatic carbocycles. The lowest BCUT2D eigenvalue weighted by Crippen LogP contribution is -2.50. The summed E-state index contributed by atoms with van der Waals surface area (Å²) in [6.45, 7) is 7.03. The zero-order valence-electron chi connectivity index (χ0n) is 11.7. The van der Waals surface area contributed by atoms with Crippen molar-refractivity contribution in [3.05, 3.63) is 0 Å². The fourth-order valence-corrected chi connectivity index (χ4v) is 3.49. The second-order valence-corrected chi connectivity index (χ2v) is 6.09. The molecule has 2 heterocycles.